The highest BCUT2D eigenvalue weighted by Gasteiger charge is 2.21. The minimum atomic E-state index is -0.0684. The van der Waals surface area contributed by atoms with E-state index in [2.05, 4.69) is 34.2 Å². The van der Waals surface area contributed by atoms with Crippen molar-refractivity contribution in [3.63, 3.8) is 0 Å². The molecule has 0 saturated heterocycles. The lowest BCUT2D eigenvalue weighted by Gasteiger charge is -2.20. The quantitative estimate of drug-likeness (QED) is 0.326. The minimum absolute atomic E-state index is 0.0684. The van der Waals surface area contributed by atoms with Crippen molar-refractivity contribution in [3.05, 3.63) is 101 Å². The Kier molecular flexibility index (Phi) is 7.05. The first-order valence-electron chi connectivity index (χ1n) is 11.0. The van der Waals surface area contributed by atoms with Gasteiger partial charge in [0.15, 0.2) is 5.78 Å². The van der Waals surface area contributed by atoms with Gasteiger partial charge in [-0.3, -0.25) is 9.78 Å². The van der Waals surface area contributed by atoms with Gasteiger partial charge in [0.25, 0.3) is 0 Å². The fourth-order valence-electron chi connectivity index (χ4n) is 3.93. The van der Waals surface area contributed by atoms with Gasteiger partial charge >= 0.3 is 0 Å². The van der Waals surface area contributed by atoms with E-state index in [1.54, 1.807) is 19.4 Å². The number of ether oxygens (including phenoxy) is 1. The molecule has 168 valence electrons. The standard InChI is InChI=1S/C27H27N3O3/c1-18-6-4-5-7-23(18)24(17-25(31)22-12-14-28-19(2)16-22)20-8-10-21(11-9-20)27-30-29-26(33-27)13-15-32-3/h4-12,14,16,24H,13,15,17H2,1-3H3/t24-/m1/s1. The largest absolute Gasteiger partial charge is 0.421 e. The average molecular weight is 442 g/mol. The molecule has 6 heteroatoms. The van der Waals surface area contributed by atoms with Gasteiger partial charge in [-0.15, -0.1) is 10.2 Å². The summed E-state index contributed by atoms with van der Waals surface area (Å²) in [7, 11) is 1.64. The molecule has 6 nitrogen and oxygen atoms in total. The molecular formula is C27H27N3O3. The molecule has 0 aliphatic heterocycles. The predicted octanol–water partition coefficient (Wildman–Crippen LogP) is 5.34. The zero-order valence-corrected chi connectivity index (χ0v) is 19.1. The molecule has 0 radical (unpaired) electrons. The number of Topliss-reactive ketones (excluding diaryl/α,β-unsaturated/α-hetero) is 1. The Balaban J connectivity index is 1.62. The summed E-state index contributed by atoms with van der Waals surface area (Å²) in [5.41, 5.74) is 5.73. The van der Waals surface area contributed by atoms with Crippen LogP contribution in [0.25, 0.3) is 11.5 Å². The maximum atomic E-state index is 13.2. The second-order valence-electron chi connectivity index (χ2n) is 8.09. The molecule has 0 spiro atoms. The summed E-state index contributed by atoms with van der Waals surface area (Å²) >= 11 is 0. The summed E-state index contributed by atoms with van der Waals surface area (Å²) in [6, 6.07) is 19.9. The van der Waals surface area contributed by atoms with Crippen molar-refractivity contribution in [2.75, 3.05) is 13.7 Å². The van der Waals surface area contributed by atoms with Crippen molar-refractivity contribution in [1.29, 1.82) is 0 Å². The van der Waals surface area contributed by atoms with Crippen LogP contribution in [0, 0.1) is 13.8 Å². The number of hydrogen-bond donors (Lipinski definition) is 0. The molecule has 4 rings (SSSR count). The Bertz CT molecular complexity index is 1230. The third kappa shape index (κ3) is 5.41. The first-order chi connectivity index (χ1) is 16.0. The molecule has 1 atom stereocenters. The van der Waals surface area contributed by atoms with Crippen LogP contribution in [0.2, 0.25) is 0 Å². The third-order valence-electron chi connectivity index (χ3n) is 5.72. The summed E-state index contributed by atoms with van der Waals surface area (Å²) < 4.78 is 10.8. The van der Waals surface area contributed by atoms with E-state index in [0.717, 1.165) is 27.9 Å². The van der Waals surface area contributed by atoms with Gasteiger partial charge in [-0.2, -0.15) is 0 Å². The number of hydrogen-bond acceptors (Lipinski definition) is 6. The topological polar surface area (TPSA) is 78.1 Å². The summed E-state index contributed by atoms with van der Waals surface area (Å²) in [5, 5.41) is 8.23. The van der Waals surface area contributed by atoms with E-state index in [0.29, 0.717) is 36.8 Å². The highest BCUT2D eigenvalue weighted by atomic mass is 16.5. The SMILES string of the molecule is COCCc1nnc(-c2ccc([C@@H](CC(=O)c3ccnc(C)c3)c3ccccc3C)cc2)o1. The number of rotatable bonds is 9. The number of aryl methyl sites for hydroxylation is 2. The van der Waals surface area contributed by atoms with Crippen LogP contribution in [0.3, 0.4) is 0 Å². The van der Waals surface area contributed by atoms with Gasteiger partial charge < -0.3 is 9.15 Å². The normalized spacial score (nSPS) is 12.0. The van der Waals surface area contributed by atoms with E-state index in [1.165, 1.54) is 0 Å². The summed E-state index contributed by atoms with van der Waals surface area (Å²) in [4.78, 5) is 17.4. The highest BCUT2D eigenvalue weighted by molar-refractivity contribution is 5.96. The molecule has 0 aliphatic rings. The molecular weight excluding hydrogens is 414 g/mol. The van der Waals surface area contributed by atoms with E-state index in [-0.39, 0.29) is 11.7 Å². The molecule has 0 unspecified atom stereocenters. The number of nitrogens with zero attached hydrogens (tertiary/aromatic N) is 3. The number of carbonyl (C=O) groups excluding carboxylic acids is 1. The van der Waals surface area contributed by atoms with Gasteiger partial charge in [0.05, 0.1) is 6.61 Å². The minimum Gasteiger partial charge on any atom is -0.421 e. The fraction of sp³-hybridized carbons (Fsp3) is 0.259. The first kappa shape index (κ1) is 22.6. The molecule has 2 heterocycles. The van der Waals surface area contributed by atoms with E-state index in [4.69, 9.17) is 9.15 Å². The monoisotopic (exact) mass is 441 g/mol. The van der Waals surface area contributed by atoms with E-state index in [1.807, 2.05) is 49.4 Å². The third-order valence-corrected chi connectivity index (χ3v) is 5.72. The van der Waals surface area contributed by atoms with Gasteiger partial charge in [-0.1, -0.05) is 36.4 Å². The molecule has 0 aliphatic carbocycles. The van der Waals surface area contributed by atoms with Crippen molar-refractivity contribution < 1.29 is 13.9 Å². The van der Waals surface area contributed by atoms with Crippen molar-refractivity contribution in [3.8, 4) is 11.5 Å². The molecule has 0 bridgehead atoms. The maximum absolute atomic E-state index is 13.2. The van der Waals surface area contributed by atoms with Crippen molar-refractivity contribution in [2.45, 2.75) is 32.6 Å². The molecule has 0 amide bonds. The smallest absolute Gasteiger partial charge is 0.247 e. The lowest BCUT2D eigenvalue weighted by molar-refractivity contribution is 0.0977. The molecule has 33 heavy (non-hydrogen) atoms. The van der Waals surface area contributed by atoms with Gasteiger partial charge in [0.1, 0.15) is 0 Å². The highest BCUT2D eigenvalue weighted by Crippen LogP contribution is 2.33. The first-order valence-corrected chi connectivity index (χ1v) is 11.0. The number of aromatic nitrogens is 3. The zero-order valence-electron chi connectivity index (χ0n) is 19.1. The van der Waals surface area contributed by atoms with Gasteiger partial charge in [-0.25, -0.2) is 0 Å². The van der Waals surface area contributed by atoms with Crippen molar-refractivity contribution in [2.24, 2.45) is 0 Å². The number of ketones is 1. The Morgan fingerprint density at radius 1 is 1.03 bits per heavy atom. The Morgan fingerprint density at radius 3 is 2.55 bits per heavy atom. The second-order valence-corrected chi connectivity index (χ2v) is 8.09. The Hall–Kier alpha value is -3.64. The number of benzene rings is 2. The van der Waals surface area contributed by atoms with Gasteiger partial charge in [0.2, 0.25) is 11.8 Å². The van der Waals surface area contributed by atoms with E-state index < -0.39 is 0 Å². The molecule has 2 aromatic heterocycles. The maximum Gasteiger partial charge on any atom is 0.247 e. The zero-order chi connectivity index (χ0) is 23.2. The van der Waals surface area contributed by atoms with Crippen molar-refractivity contribution in [1.82, 2.24) is 15.2 Å². The molecule has 0 fully saturated rings. The van der Waals surface area contributed by atoms with Gasteiger partial charge in [-0.05, 0) is 54.8 Å². The number of carbonyl (C=O) groups is 1. The van der Waals surface area contributed by atoms with Gasteiger partial charge in [0, 0.05) is 48.9 Å². The summed E-state index contributed by atoms with van der Waals surface area (Å²) in [5.74, 6) is 1.05. The number of pyridine rings is 1. The van der Waals surface area contributed by atoms with Crippen LogP contribution in [0.4, 0.5) is 0 Å². The molecule has 0 N–H and O–H groups in total. The van der Waals surface area contributed by atoms with Crippen LogP contribution in [0.1, 0.15) is 51.0 Å². The molecule has 0 saturated carbocycles. The Morgan fingerprint density at radius 2 is 1.82 bits per heavy atom. The van der Waals surface area contributed by atoms with Crippen LogP contribution in [-0.4, -0.2) is 34.7 Å². The van der Waals surface area contributed by atoms with E-state index >= 15 is 0 Å². The van der Waals surface area contributed by atoms with Crippen LogP contribution in [0.15, 0.2) is 71.3 Å². The second kappa shape index (κ2) is 10.3. The lowest BCUT2D eigenvalue weighted by atomic mass is 9.83. The van der Waals surface area contributed by atoms with Crippen LogP contribution < -0.4 is 0 Å². The number of methoxy groups -OCH3 is 1. The summed E-state index contributed by atoms with van der Waals surface area (Å²) in [6.45, 7) is 4.51. The average Bonchev–Trinajstić information content (AvgIpc) is 3.31. The fourth-order valence-corrected chi connectivity index (χ4v) is 3.93. The van der Waals surface area contributed by atoms with Crippen molar-refractivity contribution >= 4 is 5.78 Å². The Labute approximate surface area is 193 Å². The lowest BCUT2D eigenvalue weighted by Crippen LogP contribution is -2.11. The molecule has 2 aromatic carbocycles. The predicted molar refractivity (Wildman–Crippen MR) is 126 cm³/mol. The van der Waals surface area contributed by atoms with Crippen LogP contribution in [-0.2, 0) is 11.2 Å². The van der Waals surface area contributed by atoms with Crippen LogP contribution in [0.5, 0.6) is 0 Å². The molecule has 4 aromatic rings. The van der Waals surface area contributed by atoms with Crippen LogP contribution >= 0.6 is 0 Å². The summed E-state index contributed by atoms with van der Waals surface area (Å²) in [6.07, 6.45) is 2.63. The van der Waals surface area contributed by atoms with E-state index in [9.17, 15) is 4.79 Å².